The van der Waals surface area contributed by atoms with Gasteiger partial charge in [0.15, 0.2) is 0 Å². The Bertz CT molecular complexity index is 553. The van der Waals surface area contributed by atoms with Gasteiger partial charge in [-0.2, -0.15) is 0 Å². The maximum atomic E-state index is 11.3. The third kappa shape index (κ3) is 3.39. The SMILES string of the molecule is CCCCN(c1ccc(S(N)(=O)=O)cc1N)C1CC1. The van der Waals surface area contributed by atoms with Crippen LogP contribution >= 0.6 is 0 Å². The van der Waals surface area contributed by atoms with Crippen LogP contribution in [0.2, 0.25) is 0 Å². The van der Waals surface area contributed by atoms with E-state index in [9.17, 15) is 8.42 Å². The molecular weight excluding hydrogens is 262 g/mol. The standard InChI is InChI=1S/C13H21N3O2S/c1-2-3-8-16(10-4-5-10)13-7-6-11(9-12(13)14)19(15,17)18/h6-7,9-10H,2-5,8,14H2,1H3,(H2,15,17,18). The number of hydrogen-bond acceptors (Lipinski definition) is 4. The molecule has 0 saturated heterocycles. The molecule has 106 valence electrons. The van der Waals surface area contributed by atoms with Gasteiger partial charge in [0, 0.05) is 12.6 Å². The van der Waals surface area contributed by atoms with E-state index in [4.69, 9.17) is 10.9 Å². The summed E-state index contributed by atoms with van der Waals surface area (Å²) < 4.78 is 22.6. The van der Waals surface area contributed by atoms with Gasteiger partial charge in [-0.3, -0.25) is 0 Å². The van der Waals surface area contributed by atoms with Crippen molar-refractivity contribution in [2.75, 3.05) is 17.2 Å². The molecule has 6 heteroatoms. The fraction of sp³-hybridized carbons (Fsp3) is 0.538. The van der Waals surface area contributed by atoms with Gasteiger partial charge >= 0.3 is 0 Å². The minimum absolute atomic E-state index is 0.0694. The highest BCUT2D eigenvalue weighted by Crippen LogP contribution is 2.35. The van der Waals surface area contributed by atoms with Crippen LogP contribution in [0.5, 0.6) is 0 Å². The monoisotopic (exact) mass is 283 g/mol. The molecule has 4 N–H and O–H groups in total. The first kappa shape index (κ1) is 14.1. The second-order valence-corrected chi connectivity index (χ2v) is 6.61. The van der Waals surface area contributed by atoms with Crippen LogP contribution in [0.15, 0.2) is 23.1 Å². The average molecular weight is 283 g/mol. The Kier molecular flexibility index (Phi) is 4.01. The van der Waals surface area contributed by atoms with Crippen molar-refractivity contribution in [3.05, 3.63) is 18.2 Å². The van der Waals surface area contributed by atoms with E-state index in [1.54, 1.807) is 6.07 Å². The fourth-order valence-electron chi connectivity index (χ4n) is 2.19. The largest absolute Gasteiger partial charge is 0.397 e. The first-order valence-corrected chi connectivity index (χ1v) is 8.17. The maximum Gasteiger partial charge on any atom is 0.238 e. The molecule has 19 heavy (non-hydrogen) atoms. The van der Waals surface area contributed by atoms with Crippen molar-refractivity contribution in [2.45, 2.75) is 43.5 Å². The van der Waals surface area contributed by atoms with Gasteiger partial charge < -0.3 is 10.6 Å². The van der Waals surface area contributed by atoms with Crippen LogP contribution in [0.1, 0.15) is 32.6 Å². The van der Waals surface area contributed by atoms with Crippen LogP contribution in [0.4, 0.5) is 11.4 Å². The summed E-state index contributed by atoms with van der Waals surface area (Å²) in [6, 6.07) is 5.30. The average Bonchev–Trinajstić information content (AvgIpc) is 3.14. The van der Waals surface area contributed by atoms with Gasteiger partial charge in [0.1, 0.15) is 0 Å². The lowest BCUT2D eigenvalue weighted by Gasteiger charge is -2.26. The van der Waals surface area contributed by atoms with Crippen LogP contribution < -0.4 is 15.8 Å². The van der Waals surface area contributed by atoms with Gasteiger partial charge in [0.25, 0.3) is 0 Å². The maximum absolute atomic E-state index is 11.3. The van der Waals surface area contributed by atoms with Gasteiger partial charge in [0.05, 0.1) is 16.3 Å². The third-order valence-corrected chi connectivity index (χ3v) is 4.29. The fourth-order valence-corrected chi connectivity index (χ4v) is 2.73. The van der Waals surface area contributed by atoms with Crippen LogP contribution in [0.3, 0.4) is 0 Å². The zero-order valence-electron chi connectivity index (χ0n) is 11.2. The Labute approximate surface area is 114 Å². The molecule has 1 aliphatic carbocycles. The molecule has 0 spiro atoms. The molecule has 0 radical (unpaired) electrons. The molecule has 1 saturated carbocycles. The smallest absolute Gasteiger partial charge is 0.238 e. The number of nitrogens with zero attached hydrogens (tertiary/aromatic N) is 1. The first-order chi connectivity index (χ1) is 8.93. The number of benzene rings is 1. The van der Waals surface area contributed by atoms with Crippen LogP contribution in [0.25, 0.3) is 0 Å². The second-order valence-electron chi connectivity index (χ2n) is 5.04. The molecule has 2 rings (SSSR count). The Balaban J connectivity index is 2.28. The lowest BCUT2D eigenvalue weighted by atomic mass is 10.2. The quantitative estimate of drug-likeness (QED) is 0.777. The summed E-state index contributed by atoms with van der Waals surface area (Å²) in [5.41, 5.74) is 7.40. The summed E-state index contributed by atoms with van der Waals surface area (Å²) in [4.78, 5) is 2.35. The molecule has 0 aliphatic heterocycles. The highest BCUT2D eigenvalue weighted by Gasteiger charge is 2.30. The number of unbranched alkanes of at least 4 members (excludes halogenated alkanes) is 1. The molecule has 1 aromatic rings. The van der Waals surface area contributed by atoms with Gasteiger partial charge in [-0.05, 0) is 37.5 Å². The van der Waals surface area contributed by atoms with Crippen molar-refractivity contribution in [3.63, 3.8) is 0 Å². The lowest BCUT2D eigenvalue weighted by molar-refractivity contribution is 0.598. The topological polar surface area (TPSA) is 89.4 Å². The first-order valence-electron chi connectivity index (χ1n) is 6.62. The van der Waals surface area contributed by atoms with Crippen molar-refractivity contribution in [1.82, 2.24) is 0 Å². The summed E-state index contributed by atoms with van der Waals surface area (Å²) in [5, 5.41) is 5.11. The van der Waals surface area contributed by atoms with E-state index in [0.717, 1.165) is 25.1 Å². The molecular formula is C13H21N3O2S. The van der Waals surface area contributed by atoms with E-state index < -0.39 is 10.0 Å². The van der Waals surface area contributed by atoms with Crippen molar-refractivity contribution in [2.24, 2.45) is 5.14 Å². The van der Waals surface area contributed by atoms with Gasteiger partial charge in [0.2, 0.25) is 10.0 Å². The van der Waals surface area contributed by atoms with Crippen LogP contribution in [-0.4, -0.2) is 21.0 Å². The molecule has 0 bridgehead atoms. The second kappa shape index (κ2) is 5.38. The molecule has 1 aromatic carbocycles. The van der Waals surface area contributed by atoms with Gasteiger partial charge in [-0.15, -0.1) is 0 Å². The summed E-state index contributed by atoms with van der Waals surface area (Å²) in [5.74, 6) is 0. The number of nitrogen functional groups attached to an aromatic ring is 1. The van der Waals surface area contributed by atoms with Gasteiger partial charge in [-0.25, -0.2) is 13.6 Å². The normalized spacial score (nSPS) is 15.5. The van der Waals surface area contributed by atoms with Crippen molar-refractivity contribution < 1.29 is 8.42 Å². The van der Waals surface area contributed by atoms with E-state index in [0.29, 0.717) is 11.7 Å². The number of nitrogens with two attached hydrogens (primary N) is 2. The van der Waals surface area contributed by atoms with Crippen LogP contribution in [-0.2, 0) is 10.0 Å². The van der Waals surface area contributed by atoms with Crippen molar-refractivity contribution in [1.29, 1.82) is 0 Å². The number of hydrogen-bond donors (Lipinski definition) is 2. The number of primary sulfonamides is 1. The minimum atomic E-state index is -3.69. The van der Waals surface area contributed by atoms with Crippen molar-refractivity contribution >= 4 is 21.4 Å². The number of rotatable bonds is 6. The zero-order chi connectivity index (χ0) is 14.0. The Morgan fingerprint density at radius 2 is 2.05 bits per heavy atom. The molecule has 0 unspecified atom stereocenters. The highest BCUT2D eigenvalue weighted by molar-refractivity contribution is 7.89. The molecule has 5 nitrogen and oxygen atoms in total. The molecule has 1 fully saturated rings. The predicted molar refractivity (Wildman–Crippen MR) is 77.5 cm³/mol. The molecule has 0 aromatic heterocycles. The molecule has 1 aliphatic rings. The van der Waals surface area contributed by atoms with Gasteiger partial charge in [-0.1, -0.05) is 13.3 Å². The summed E-state index contributed by atoms with van der Waals surface area (Å²) in [7, 11) is -3.69. The Morgan fingerprint density at radius 1 is 1.37 bits per heavy atom. The third-order valence-electron chi connectivity index (χ3n) is 3.38. The van der Waals surface area contributed by atoms with E-state index >= 15 is 0 Å². The zero-order valence-corrected chi connectivity index (χ0v) is 12.0. The minimum Gasteiger partial charge on any atom is -0.397 e. The Hall–Kier alpha value is -1.27. The lowest BCUT2D eigenvalue weighted by Crippen LogP contribution is -2.27. The summed E-state index contributed by atoms with van der Waals surface area (Å²) in [6.07, 6.45) is 4.59. The predicted octanol–water partition coefficient (Wildman–Crippen LogP) is 1.69. The summed E-state index contributed by atoms with van der Waals surface area (Å²) in [6.45, 7) is 3.11. The van der Waals surface area contributed by atoms with E-state index in [-0.39, 0.29) is 4.90 Å². The van der Waals surface area contributed by atoms with E-state index in [1.165, 1.54) is 25.0 Å². The van der Waals surface area contributed by atoms with Crippen LogP contribution in [0, 0.1) is 0 Å². The number of anilines is 2. The van der Waals surface area contributed by atoms with E-state index in [2.05, 4.69) is 11.8 Å². The number of sulfonamides is 1. The Morgan fingerprint density at radius 3 is 2.53 bits per heavy atom. The van der Waals surface area contributed by atoms with E-state index in [1.807, 2.05) is 0 Å². The molecule has 0 amide bonds. The summed E-state index contributed by atoms with van der Waals surface area (Å²) >= 11 is 0. The highest BCUT2D eigenvalue weighted by atomic mass is 32.2. The molecule has 0 atom stereocenters. The molecule has 0 heterocycles. The van der Waals surface area contributed by atoms with Crippen molar-refractivity contribution in [3.8, 4) is 0 Å².